The normalized spacial score (nSPS) is 20.5. The smallest absolute Gasteiger partial charge is 0.304 e. The second-order valence-corrected chi connectivity index (χ2v) is 7.04. The van der Waals surface area contributed by atoms with Gasteiger partial charge in [-0.2, -0.15) is 0 Å². The van der Waals surface area contributed by atoms with Crippen LogP contribution in [-0.4, -0.2) is 43.7 Å². The van der Waals surface area contributed by atoms with Crippen LogP contribution in [0.4, 0.5) is 0 Å². The molecule has 0 aliphatic carbocycles. The maximum atomic E-state index is 12.0. The summed E-state index contributed by atoms with van der Waals surface area (Å²) < 4.78 is 24.1. The fourth-order valence-corrected chi connectivity index (χ4v) is 4.28. The Balaban J connectivity index is 2.31. The first-order valence-electron chi connectivity index (χ1n) is 5.75. The number of nitrogens with zero attached hydrogens (tertiary/aromatic N) is 1. The maximum Gasteiger partial charge on any atom is 0.304 e. The first-order valence-corrected chi connectivity index (χ1v) is 7.78. The predicted octanol–water partition coefficient (Wildman–Crippen LogP) is 1.57. The summed E-state index contributed by atoms with van der Waals surface area (Å²) in [6, 6.07) is 4.37. The second-order valence-electron chi connectivity index (χ2n) is 4.60. The molecular formula is C12H14ClNO4S. The van der Waals surface area contributed by atoms with Gasteiger partial charge in [-0.15, -0.1) is 0 Å². The van der Waals surface area contributed by atoms with Crippen molar-refractivity contribution in [2.24, 2.45) is 0 Å². The summed E-state index contributed by atoms with van der Waals surface area (Å²) in [7, 11) is -1.58. The number of carbonyl (C=O) groups is 1. The number of halogens is 1. The van der Waals surface area contributed by atoms with Crippen molar-refractivity contribution >= 4 is 27.4 Å². The fourth-order valence-electron chi connectivity index (χ4n) is 2.24. The van der Waals surface area contributed by atoms with Gasteiger partial charge in [0, 0.05) is 11.6 Å². The Hall–Kier alpha value is -1.11. The van der Waals surface area contributed by atoms with E-state index in [0.29, 0.717) is 22.0 Å². The van der Waals surface area contributed by atoms with Crippen molar-refractivity contribution in [1.82, 2.24) is 4.90 Å². The molecule has 5 nitrogen and oxygen atoms in total. The number of hydrogen-bond acceptors (Lipinski definition) is 4. The minimum Gasteiger partial charge on any atom is -0.481 e. The van der Waals surface area contributed by atoms with Crippen LogP contribution in [0.3, 0.4) is 0 Å². The van der Waals surface area contributed by atoms with Crippen molar-refractivity contribution in [3.05, 3.63) is 28.8 Å². The van der Waals surface area contributed by atoms with Crippen LogP contribution in [-0.2, 0) is 14.6 Å². The van der Waals surface area contributed by atoms with Crippen molar-refractivity contribution < 1.29 is 18.3 Å². The lowest BCUT2D eigenvalue weighted by Crippen LogP contribution is -2.28. The summed E-state index contributed by atoms with van der Waals surface area (Å²) in [6.45, 7) is 0.293. The molecule has 1 heterocycles. The molecule has 0 spiro atoms. The molecule has 1 aromatic rings. The Bertz CT molecular complexity index is 614. The topological polar surface area (TPSA) is 74.7 Å². The second kappa shape index (κ2) is 5.11. The SMILES string of the molecule is CN(CCC(=O)O)C1CS(=O)(=O)c2ccc(Cl)cc21. The fraction of sp³-hybridized carbons (Fsp3) is 0.417. The molecule has 0 saturated carbocycles. The molecule has 0 aromatic heterocycles. The van der Waals surface area contributed by atoms with Gasteiger partial charge in [-0.25, -0.2) is 8.42 Å². The lowest BCUT2D eigenvalue weighted by atomic mass is 10.1. The van der Waals surface area contributed by atoms with Crippen molar-refractivity contribution in [2.75, 3.05) is 19.3 Å². The highest BCUT2D eigenvalue weighted by atomic mass is 35.5. The molecule has 0 amide bonds. The molecule has 0 radical (unpaired) electrons. The van der Waals surface area contributed by atoms with Gasteiger partial charge in [0.1, 0.15) is 0 Å². The van der Waals surface area contributed by atoms with Crippen LogP contribution in [0, 0.1) is 0 Å². The largest absolute Gasteiger partial charge is 0.481 e. The molecule has 19 heavy (non-hydrogen) atoms. The van der Waals surface area contributed by atoms with Gasteiger partial charge in [0.05, 0.1) is 23.1 Å². The molecule has 1 unspecified atom stereocenters. The average Bonchev–Trinajstić information content (AvgIpc) is 2.58. The third-order valence-corrected chi connectivity index (χ3v) is 5.29. The van der Waals surface area contributed by atoms with Gasteiger partial charge in [-0.1, -0.05) is 11.6 Å². The third-order valence-electron chi connectivity index (χ3n) is 3.25. The molecule has 1 atom stereocenters. The Kier molecular flexibility index (Phi) is 3.85. The highest BCUT2D eigenvalue weighted by Crippen LogP contribution is 2.37. The summed E-state index contributed by atoms with van der Waals surface area (Å²) in [4.78, 5) is 12.6. The quantitative estimate of drug-likeness (QED) is 0.914. The van der Waals surface area contributed by atoms with Gasteiger partial charge in [0.2, 0.25) is 0 Å². The van der Waals surface area contributed by atoms with E-state index in [0.717, 1.165) is 0 Å². The zero-order valence-corrected chi connectivity index (χ0v) is 11.9. The Labute approximate surface area is 116 Å². The van der Waals surface area contributed by atoms with Gasteiger partial charge in [-0.3, -0.25) is 9.69 Å². The van der Waals surface area contributed by atoms with Gasteiger partial charge in [0.15, 0.2) is 9.84 Å². The van der Waals surface area contributed by atoms with Crippen molar-refractivity contribution in [2.45, 2.75) is 17.4 Å². The first kappa shape index (κ1) is 14.3. The summed E-state index contributed by atoms with van der Waals surface area (Å²) in [5.74, 6) is -0.933. The average molecular weight is 304 g/mol. The summed E-state index contributed by atoms with van der Waals surface area (Å²) in [5, 5.41) is 9.16. The number of hydrogen-bond donors (Lipinski definition) is 1. The first-order chi connectivity index (χ1) is 8.81. The predicted molar refractivity (Wildman–Crippen MR) is 71.1 cm³/mol. The molecular weight excluding hydrogens is 290 g/mol. The number of carboxylic acids is 1. The minimum atomic E-state index is -3.30. The highest BCUT2D eigenvalue weighted by Gasteiger charge is 2.36. The number of carboxylic acid groups (broad SMARTS) is 1. The number of rotatable bonds is 4. The zero-order valence-electron chi connectivity index (χ0n) is 10.3. The maximum absolute atomic E-state index is 12.0. The van der Waals surface area contributed by atoms with Crippen LogP contribution in [0.1, 0.15) is 18.0 Å². The molecule has 104 valence electrons. The summed E-state index contributed by atoms with van der Waals surface area (Å²) in [5.41, 5.74) is 0.653. The van der Waals surface area contributed by atoms with Crippen molar-refractivity contribution in [3.8, 4) is 0 Å². The molecule has 2 rings (SSSR count). The Morgan fingerprint density at radius 1 is 1.53 bits per heavy atom. The van der Waals surface area contributed by atoms with E-state index in [4.69, 9.17) is 16.7 Å². The van der Waals surface area contributed by atoms with Gasteiger partial charge < -0.3 is 5.11 Å². The van der Waals surface area contributed by atoms with E-state index in [-0.39, 0.29) is 18.2 Å². The van der Waals surface area contributed by atoms with E-state index >= 15 is 0 Å². The molecule has 1 aliphatic heterocycles. The molecule has 1 aromatic carbocycles. The molecule has 0 fully saturated rings. The van der Waals surface area contributed by atoms with Crippen LogP contribution in [0.2, 0.25) is 5.02 Å². The molecule has 0 bridgehead atoms. The third kappa shape index (κ3) is 2.91. The lowest BCUT2D eigenvalue weighted by molar-refractivity contribution is -0.137. The molecule has 1 N–H and O–H groups in total. The van der Waals surface area contributed by atoms with Crippen LogP contribution >= 0.6 is 11.6 Å². The number of fused-ring (bicyclic) bond motifs is 1. The number of aliphatic carboxylic acids is 1. The van der Waals surface area contributed by atoms with Crippen molar-refractivity contribution in [3.63, 3.8) is 0 Å². The van der Waals surface area contributed by atoms with E-state index in [1.54, 1.807) is 24.1 Å². The van der Waals surface area contributed by atoms with Crippen LogP contribution in [0.15, 0.2) is 23.1 Å². The Morgan fingerprint density at radius 2 is 2.21 bits per heavy atom. The summed E-state index contributed by atoms with van der Waals surface area (Å²) in [6.07, 6.45) is -0.0249. The van der Waals surface area contributed by atoms with E-state index in [1.807, 2.05) is 0 Å². The van der Waals surface area contributed by atoms with Gasteiger partial charge in [0.25, 0.3) is 0 Å². The monoisotopic (exact) mass is 303 g/mol. The number of benzene rings is 1. The standard InChI is InChI=1S/C12H14ClNO4S/c1-14(5-4-12(15)16)10-7-19(17,18)11-3-2-8(13)6-9(10)11/h2-3,6,10H,4-5,7H2,1H3,(H,15,16). The van der Waals surface area contributed by atoms with Crippen molar-refractivity contribution in [1.29, 1.82) is 0 Å². The van der Waals surface area contributed by atoms with E-state index in [9.17, 15) is 13.2 Å². The van der Waals surface area contributed by atoms with Crippen LogP contribution in [0.5, 0.6) is 0 Å². The highest BCUT2D eigenvalue weighted by molar-refractivity contribution is 7.91. The minimum absolute atomic E-state index is 0.0249. The van der Waals surface area contributed by atoms with E-state index < -0.39 is 15.8 Å². The Morgan fingerprint density at radius 3 is 2.84 bits per heavy atom. The molecule has 1 aliphatic rings. The zero-order chi connectivity index (χ0) is 14.2. The van der Waals surface area contributed by atoms with Crippen LogP contribution < -0.4 is 0 Å². The number of sulfone groups is 1. The van der Waals surface area contributed by atoms with Crippen LogP contribution in [0.25, 0.3) is 0 Å². The van der Waals surface area contributed by atoms with E-state index in [1.165, 1.54) is 6.07 Å². The lowest BCUT2D eigenvalue weighted by Gasteiger charge is -2.23. The molecule has 7 heteroatoms. The molecule has 0 saturated heterocycles. The summed E-state index contributed by atoms with van der Waals surface area (Å²) >= 11 is 5.91. The van der Waals surface area contributed by atoms with Gasteiger partial charge >= 0.3 is 5.97 Å². The van der Waals surface area contributed by atoms with Gasteiger partial charge in [-0.05, 0) is 30.8 Å². The van der Waals surface area contributed by atoms with E-state index in [2.05, 4.69) is 0 Å².